The van der Waals surface area contributed by atoms with Crippen LogP contribution in [0.15, 0.2) is 36.4 Å². The number of nitrogens with one attached hydrogen (secondary N) is 1. The first kappa shape index (κ1) is 18.7. The number of rotatable bonds is 5. The molecular formula is C19H24N2O4. The molecule has 1 aromatic rings. The summed E-state index contributed by atoms with van der Waals surface area (Å²) in [6.45, 7) is 3.50. The number of anilines is 1. The van der Waals surface area contributed by atoms with Crippen molar-refractivity contribution in [1.29, 1.82) is 0 Å². The van der Waals surface area contributed by atoms with E-state index in [-0.39, 0.29) is 12.5 Å². The van der Waals surface area contributed by atoms with Crippen LogP contribution in [-0.4, -0.2) is 42.4 Å². The van der Waals surface area contributed by atoms with Crippen LogP contribution in [0.3, 0.4) is 0 Å². The highest BCUT2D eigenvalue weighted by Crippen LogP contribution is 2.16. The lowest BCUT2D eigenvalue weighted by Gasteiger charge is -2.20. The van der Waals surface area contributed by atoms with Crippen molar-refractivity contribution in [3.05, 3.63) is 42.0 Å². The van der Waals surface area contributed by atoms with Crippen LogP contribution in [0.4, 0.5) is 5.69 Å². The highest BCUT2D eigenvalue weighted by molar-refractivity contribution is 6.03. The lowest BCUT2D eigenvalue weighted by Crippen LogP contribution is -2.31. The molecule has 1 N–H and O–H groups in total. The van der Waals surface area contributed by atoms with Gasteiger partial charge in [-0.05, 0) is 38.0 Å². The van der Waals surface area contributed by atoms with Gasteiger partial charge in [0, 0.05) is 36.5 Å². The fourth-order valence-corrected chi connectivity index (χ4v) is 2.70. The maximum Gasteiger partial charge on any atom is 0.330 e. The monoisotopic (exact) mass is 344 g/mol. The van der Waals surface area contributed by atoms with E-state index in [1.54, 1.807) is 31.2 Å². The zero-order valence-electron chi connectivity index (χ0n) is 14.5. The molecule has 0 atom stereocenters. The number of benzene rings is 1. The number of carbonyl (C=O) groups excluding carboxylic acids is 3. The Labute approximate surface area is 147 Å². The SMILES string of the molecule is CCOC(=O)/C=C/C(=O)Nc1cccc(C(=O)N2CCCCCC2)c1. The van der Waals surface area contributed by atoms with Gasteiger partial charge < -0.3 is 15.0 Å². The van der Waals surface area contributed by atoms with Crippen LogP contribution in [0.2, 0.25) is 0 Å². The molecule has 0 aliphatic carbocycles. The zero-order valence-corrected chi connectivity index (χ0v) is 14.5. The molecule has 0 unspecified atom stereocenters. The topological polar surface area (TPSA) is 75.7 Å². The second kappa shape index (κ2) is 9.61. The molecular weight excluding hydrogens is 320 g/mol. The number of carbonyl (C=O) groups is 3. The van der Waals surface area contributed by atoms with E-state index in [2.05, 4.69) is 5.32 Å². The quantitative estimate of drug-likeness (QED) is 0.658. The molecule has 0 spiro atoms. The van der Waals surface area contributed by atoms with Crippen molar-refractivity contribution in [2.75, 3.05) is 25.0 Å². The van der Waals surface area contributed by atoms with E-state index in [9.17, 15) is 14.4 Å². The first-order valence-corrected chi connectivity index (χ1v) is 8.65. The summed E-state index contributed by atoms with van der Waals surface area (Å²) in [5.41, 5.74) is 1.06. The molecule has 25 heavy (non-hydrogen) atoms. The van der Waals surface area contributed by atoms with Gasteiger partial charge in [0.05, 0.1) is 6.61 Å². The Bertz CT molecular complexity index is 647. The van der Waals surface area contributed by atoms with E-state index in [1.165, 1.54) is 0 Å². The van der Waals surface area contributed by atoms with Crippen LogP contribution in [0.25, 0.3) is 0 Å². The summed E-state index contributed by atoms with van der Waals surface area (Å²) < 4.78 is 4.71. The van der Waals surface area contributed by atoms with Crippen LogP contribution in [0.5, 0.6) is 0 Å². The van der Waals surface area contributed by atoms with Gasteiger partial charge in [-0.15, -0.1) is 0 Å². The van der Waals surface area contributed by atoms with Crippen LogP contribution in [-0.2, 0) is 14.3 Å². The molecule has 1 aliphatic heterocycles. The summed E-state index contributed by atoms with van der Waals surface area (Å²) in [7, 11) is 0. The Morgan fingerprint density at radius 2 is 1.84 bits per heavy atom. The van der Waals surface area contributed by atoms with Crippen molar-refractivity contribution in [2.45, 2.75) is 32.6 Å². The van der Waals surface area contributed by atoms with E-state index in [4.69, 9.17) is 4.74 Å². The van der Waals surface area contributed by atoms with E-state index >= 15 is 0 Å². The first-order valence-electron chi connectivity index (χ1n) is 8.65. The zero-order chi connectivity index (χ0) is 18.1. The van der Waals surface area contributed by atoms with Gasteiger partial charge in [0.2, 0.25) is 5.91 Å². The molecule has 0 radical (unpaired) electrons. The number of nitrogens with zero attached hydrogens (tertiary/aromatic N) is 1. The van der Waals surface area contributed by atoms with Gasteiger partial charge in [-0.2, -0.15) is 0 Å². The summed E-state index contributed by atoms with van der Waals surface area (Å²) in [5, 5.41) is 2.65. The van der Waals surface area contributed by atoms with Crippen LogP contribution in [0.1, 0.15) is 43.0 Å². The van der Waals surface area contributed by atoms with E-state index in [0.29, 0.717) is 11.3 Å². The van der Waals surface area contributed by atoms with Gasteiger partial charge in [-0.1, -0.05) is 18.9 Å². The predicted molar refractivity (Wildman–Crippen MR) is 95.2 cm³/mol. The van der Waals surface area contributed by atoms with Crippen LogP contribution in [0, 0.1) is 0 Å². The fraction of sp³-hybridized carbons (Fsp3) is 0.421. The molecule has 2 amide bonds. The summed E-state index contributed by atoms with van der Waals surface area (Å²) >= 11 is 0. The molecule has 134 valence electrons. The maximum atomic E-state index is 12.6. The fourth-order valence-electron chi connectivity index (χ4n) is 2.70. The number of hydrogen-bond donors (Lipinski definition) is 1. The minimum atomic E-state index is -0.567. The van der Waals surface area contributed by atoms with Crippen molar-refractivity contribution < 1.29 is 19.1 Å². The molecule has 1 aliphatic rings. The minimum absolute atomic E-state index is 0.0138. The number of likely N-dealkylation sites (tertiary alicyclic amines) is 1. The number of ether oxygens (including phenoxy) is 1. The summed E-state index contributed by atoms with van der Waals surface area (Å²) in [6.07, 6.45) is 6.56. The van der Waals surface area contributed by atoms with Crippen LogP contribution >= 0.6 is 0 Å². The average molecular weight is 344 g/mol. The number of esters is 1. The second-order valence-corrected chi connectivity index (χ2v) is 5.86. The summed E-state index contributed by atoms with van der Waals surface area (Å²) in [4.78, 5) is 37.5. The molecule has 6 heteroatoms. The molecule has 0 saturated carbocycles. The highest BCUT2D eigenvalue weighted by atomic mass is 16.5. The third kappa shape index (κ3) is 6.06. The van der Waals surface area contributed by atoms with Gasteiger partial charge in [0.25, 0.3) is 5.91 Å². The van der Waals surface area contributed by atoms with Crippen LogP contribution < -0.4 is 5.32 Å². The first-order chi connectivity index (χ1) is 12.1. The lowest BCUT2D eigenvalue weighted by molar-refractivity contribution is -0.137. The lowest BCUT2D eigenvalue weighted by atomic mass is 10.1. The molecule has 6 nitrogen and oxygen atoms in total. The molecule has 1 aromatic carbocycles. The van der Waals surface area contributed by atoms with Crippen molar-refractivity contribution >= 4 is 23.5 Å². The Kier molecular flexibility index (Phi) is 7.19. The summed E-state index contributed by atoms with van der Waals surface area (Å²) in [5.74, 6) is -1.03. The Hall–Kier alpha value is -2.63. The molecule has 1 fully saturated rings. The van der Waals surface area contributed by atoms with Crippen molar-refractivity contribution in [2.24, 2.45) is 0 Å². The van der Waals surface area contributed by atoms with Crippen molar-refractivity contribution in [3.8, 4) is 0 Å². The number of hydrogen-bond acceptors (Lipinski definition) is 4. The predicted octanol–water partition coefficient (Wildman–Crippen LogP) is 2.76. The van der Waals surface area contributed by atoms with Gasteiger partial charge in [-0.25, -0.2) is 4.79 Å². The van der Waals surface area contributed by atoms with Gasteiger partial charge in [-0.3, -0.25) is 9.59 Å². The Balaban J connectivity index is 1.99. The van der Waals surface area contributed by atoms with Gasteiger partial charge in [0.1, 0.15) is 0 Å². The van der Waals surface area contributed by atoms with E-state index < -0.39 is 11.9 Å². The molecule has 1 saturated heterocycles. The largest absolute Gasteiger partial charge is 0.463 e. The molecule has 1 heterocycles. The molecule has 0 aromatic heterocycles. The van der Waals surface area contributed by atoms with Crippen molar-refractivity contribution in [1.82, 2.24) is 4.90 Å². The Morgan fingerprint density at radius 1 is 1.12 bits per heavy atom. The van der Waals surface area contributed by atoms with E-state index in [1.807, 2.05) is 4.90 Å². The Morgan fingerprint density at radius 3 is 2.52 bits per heavy atom. The van der Waals surface area contributed by atoms with E-state index in [0.717, 1.165) is 50.9 Å². The smallest absolute Gasteiger partial charge is 0.330 e. The minimum Gasteiger partial charge on any atom is -0.463 e. The van der Waals surface area contributed by atoms with Crippen molar-refractivity contribution in [3.63, 3.8) is 0 Å². The maximum absolute atomic E-state index is 12.6. The standard InChI is InChI=1S/C19H24N2O4/c1-2-25-18(23)11-10-17(22)20-16-9-7-8-15(14-16)19(24)21-12-5-3-4-6-13-21/h7-11,14H,2-6,12-13H2,1H3,(H,20,22)/b11-10+. The third-order valence-corrected chi connectivity index (χ3v) is 3.93. The molecule has 0 bridgehead atoms. The highest BCUT2D eigenvalue weighted by Gasteiger charge is 2.17. The summed E-state index contributed by atoms with van der Waals surface area (Å²) in [6, 6.07) is 6.84. The third-order valence-electron chi connectivity index (χ3n) is 3.93. The molecule has 2 rings (SSSR count). The van der Waals surface area contributed by atoms with Gasteiger partial charge in [0.15, 0.2) is 0 Å². The normalized spacial score (nSPS) is 14.8. The second-order valence-electron chi connectivity index (χ2n) is 5.86. The number of amides is 2. The average Bonchev–Trinajstić information content (AvgIpc) is 2.89. The van der Waals surface area contributed by atoms with Gasteiger partial charge >= 0.3 is 5.97 Å².